The summed E-state index contributed by atoms with van der Waals surface area (Å²) in [6.45, 7) is 21.7. The molecule has 0 aliphatic rings. The average Bonchev–Trinajstić information content (AvgIpc) is 0.746. The monoisotopic (exact) mass is 1350 g/mol. The molecule has 0 amide bonds. The minimum Gasteiger partial charge on any atom is -0.458 e. The number of ether oxygens (including phenoxy) is 14. The smallest absolute Gasteiger partial charge is 0.347 e. The Morgan fingerprint density at radius 1 is 0.263 bits per heavy atom. The minimum absolute atomic E-state index is 0.0840. The van der Waals surface area contributed by atoms with Gasteiger partial charge in [0.25, 0.3) is 8.32 Å². The Hall–Kier alpha value is -9.58. The van der Waals surface area contributed by atoms with Crippen molar-refractivity contribution >= 4 is 102 Å². The molecule has 0 spiro atoms. The van der Waals surface area contributed by atoms with Crippen LogP contribution in [0.1, 0.15) is 123 Å². The van der Waals surface area contributed by atoms with Gasteiger partial charge in [0.05, 0.1) is 0 Å². The number of esters is 14. The van der Waals surface area contributed by atoms with Gasteiger partial charge in [0.1, 0.15) is 12.7 Å². The molecular weight excluding hydrogens is 1270 g/mol. The maximum absolute atomic E-state index is 13.5. The molecule has 0 saturated carbocycles. The van der Waals surface area contributed by atoms with Crippen LogP contribution in [0.25, 0.3) is 0 Å². The summed E-state index contributed by atoms with van der Waals surface area (Å²) in [6, 6.07) is 27.7. The normalized spacial score (nSPS) is 15.7. The molecule has 0 aliphatic carbocycles. The van der Waals surface area contributed by atoms with Crippen molar-refractivity contribution in [3.63, 3.8) is 0 Å². The van der Waals surface area contributed by atoms with E-state index in [0.717, 1.165) is 86.5 Å². The van der Waals surface area contributed by atoms with E-state index in [2.05, 4.69) is 0 Å². The highest BCUT2D eigenvalue weighted by Gasteiger charge is 2.52. The van der Waals surface area contributed by atoms with E-state index in [1.807, 2.05) is 81.4 Å². The van der Waals surface area contributed by atoms with Gasteiger partial charge in [-0.25, -0.2) is 67.1 Å². The summed E-state index contributed by atoms with van der Waals surface area (Å²) in [5, 5.41) is 1.31. The lowest BCUT2D eigenvalue weighted by Crippen LogP contribution is -2.68. The molecule has 14 atom stereocenters. The molecular formula is C65H82O29Si. The maximum Gasteiger partial charge on any atom is 0.347 e. The van der Waals surface area contributed by atoms with E-state index in [-0.39, 0.29) is 6.61 Å². The first-order valence-corrected chi connectivity index (χ1v) is 31.9. The number of carbonyl (C=O) groups excluding carboxylic acids is 14. The second kappa shape index (κ2) is 36.8. The summed E-state index contributed by atoms with van der Waals surface area (Å²) < 4.78 is 77.5. The van der Waals surface area contributed by atoms with Crippen LogP contribution < -0.4 is 10.4 Å². The number of hydrogen-bond donors (Lipinski definition) is 0. The van der Waals surface area contributed by atoms with E-state index in [9.17, 15) is 67.1 Å². The number of rotatable bonds is 33. The molecule has 29 nitrogen and oxygen atoms in total. The van der Waals surface area contributed by atoms with Crippen molar-refractivity contribution in [1.29, 1.82) is 0 Å². The van der Waals surface area contributed by atoms with Gasteiger partial charge in [-0.3, -0.25) is 0 Å². The molecule has 0 bridgehead atoms. The Kier molecular flexibility index (Phi) is 30.8. The molecule has 0 fully saturated rings. The fourth-order valence-corrected chi connectivity index (χ4v) is 12.6. The van der Waals surface area contributed by atoms with Crippen molar-refractivity contribution in [2.45, 2.75) is 215 Å². The van der Waals surface area contributed by atoms with E-state index in [4.69, 9.17) is 70.7 Å². The minimum atomic E-state index is -3.21. The van der Waals surface area contributed by atoms with Crippen LogP contribution in [0.2, 0.25) is 5.04 Å². The van der Waals surface area contributed by atoms with E-state index >= 15 is 0 Å². The van der Waals surface area contributed by atoms with Gasteiger partial charge in [0.15, 0.2) is 79.4 Å². The average molecular weight is 1360 g/mol. The van der Waals surface area contributed by atoms with Crippen molar-refractivity contribution in [2.75, 3.05) is 0 Å². The first-order chi connectivity index (χ1) is 44.3. The van der Waals surface area contributed by atoms with Gasteiger partial charge in [-0.2, -0.15) is 0 Å². The fourth-order valence-electron chi connectivity index (χ4n) is 7.99. The maximum atomic E-state index is 13.5. The fraction of sp³-hybridized carbons (Fsp3) is 0.508. The van der Waals surface area contributed by atoms with Crippen molar-refractivity contribution in [1.82, 2.24) is 0 Å². The Labute approximate surface area is 549 Å². The molecule has 3 aromatic rings. The summed E-state index contributed by atoms with van der Waals surface area (Å²) in [6.07, 6.45) is -22.8. The predicted molar refractivity (Wildman–Crippen MR) is 327 cm³/mol. The summed E-state index contributed by atoms with van der Waals surface area (Å²) in [7, 11) is -3.21. The summed E-state index contributed by atoms with van der Waals surface area (Å²) >= 11 is 0. The van der Waals surface area contributed by atoms with Crippen molar-refractivity contribution in [2.24, 2.45) is 0 Å². The summed E-state index contributed by atoms with van der Waals surface area (Å²) in [5.41, 5.74) is 0.687. The molecule has 3 rings (SSSR count). The van der Waals surface area contributed by atoms with E-state index in [0.29, 0.717) is 5.56 Å². The van der Waals surface area contributed by atoms with Crippen LogP contribution >= 0.6 is 0 Å². The van der Waals surface area contributed by atoms with Crippen molar-refractivity contribution < 1.29 is 138 Å². The third kappa shape index (κ3) is 24.4. The molecule has 95 heavy (non-hydrogen) atoms. The zero-order chi connectivity index (χ0) is 71.8. The standard InChI is InChI=1S/C65H82O29Si/c1-34(51(66)80-33-48-27-21-18-22-28-48)81-52(67)35(2)82-53(68)36(3)83-54(69)37(4)84-55(70)38(5)85-56(71)39(6)86-57(72)40(7)87-58(73)41(8)88-59(74)42(9)89-60(75)43(10)90-61(76)44(11)91-62(77)45(12)92-63(78)46(13)93-64(79)47(14)94-95(65(15,16)17,49-29-23-19-24-30-49)50-31-25-20-26-32-50/h18-32,34-47H,33H2,1-17H3/t34-,35-,36-,37-,38-,39-,40-,41-,42-,43-,44-,45-,46-,47+/m1/s1. The highest BCUT2D eigenvalue weighted by atomic mass is 28.4. The van der Waals surface area contributed by atoms with Crippen LogP contribution in [-0.4, -0.2) is 177 Å². The highest BCUT2D eigenvalue weighted by Crippen LogP contribution is 2.38. The zero-order valence-corrected chi connectivity index (χ0v) is 56.8. The molecule has 0 saturated heterocycles. The Morgan fingerprint density at radius 2 is 0.432 bits per heavy atom. The molecule has 0 aromatic heterocycles. The number of hydrogen-bond acceptors (Lipinski definition) is 29. The molecule has 520 valence electrons. The van der Waals surface area contributed by atoms with Gasteiger partial charge >= 0.3 is 83.6 Å². The van der Waals surface area contributed by atoms with Gasteiger partial charge < -0.3 is 70.7 Å². The van der Waals surface area contributed by atoms with Crippen LogP contribution in [0.5, 0.6) is 0 Å². The second-order valence-corrected chi connectivity index (χ2v) is 26.8. The van der Waals surface area contributed by atoms with E-state index in [1.165, 1.54) is 20.8 Å². The third-order valence-electron chi connectivity index (χ3n) is 13.4. The molecule has 0 aliphatic heterocycles. The Bertz CT molecular complexity index is 3140. The van der Waals surface area contributed by atoms with Crippen LogP contribution in [0, 0.1) is 0 Å². The molecule has 0 unspecified atom stereocenters. The number of carbonyl (C=O) groups is 14. The molecule has 0 N–H and O–H groups in total. The lowest BCUT2D eigenvalue weighted by Gasteiger charge is -2.44. The predicted octanol–water partition coefficient (Wildman–Crippen LogP) is 3.81. The summed E-state index contributed by atoms with van der Waals surface area (Å²) in [4.78, 5) is 179. The van der Waals surface area contributed by atoms with Gasteiger partial charge in [0.2, 0.25) is 0 Å². The van der Waals surface area contributed by atoms with Gasteiger partial charge in [-0.1, -0.05) is 112 Å². The van der Waals surface area contributed by atoms with Crippen LogP contribution in [0.3, 0.4) is 0 Å². The first kappa shape index (κ1) is 79.7. The molecule has 3 aromatic carbocycles. The van der Waals surface area contributed by atoms with E-state index in [1.54, 1.807) is 30.3 Å². The summed E-state index contributed by atoms with van der Waals surface area (Å²) in [5.74, 6) is -16.8. The van der Waals surface area contributed by atoms with Crippen LogP contribution in [-0.2, 0) is 144 Å². The SMILES string of the molecule is C[C@H](O[Si](c1ccccc1)(c1ccccc1)C(C)(C)C)C(=O)O[C@H](C)C(=O)O[C@H](C)C(=O)O[C@H](C)C(=O)O[C@H](C)C(=O)O[C@H](C)C(=O)O[C@H](C)C(=O)O[C@H](C)C(=O)O[C@H](C)C(=O)O[C@H](C)C(=O)O[C@H](C)C(=O)O[C@H](C)C(=O)O[C@H](C)C(=O)O[C@H](C)C(=O)OCc1ccccc1. The molecule has 30 heteroatoms. The van der Waals surface area contributed by atoms with Crippen LogP contribution in [0.15, 0.2) is 91.0 Å². The Morgan fingerprint density at radius 3 is 0.621 bits per heavy atom. The highest BCUT2D eigenvalue weighted by molar-refractivity contribution is 6.99. The van der Waals surface area contributed by atoms with Gasteiger partial charge in [-0.05, 0) is 118 Å². The largest absolute Gasteiger partial charge is 0.458 e. The zero-order valence-electron chi connectivity index (χ0n) is 55.8. The van der Waals surface area contributed by atoms with Gasteiger partial charge in [-0.15, -0.1) is 0 Å². The second-order valence-electron chi connectivity index (χ2n) is 22.5. The molecule has 0 heterocycles. The topological polar surface area (TPSA) is 377 Å². The number of benzene rings is 3. The van der Waals surface area contributed by atoms with Crippen LogP contribution in [0.4, 0.5) is 0 Å². The van der Waals surface area contributed by atoms with Crippen molar-refractivity contribution in [3.8, 4) is 0 Å². The van der Waals surface area contributed by atoms with Gasteiger partial charge in [0, 0.05) is 0 Å². The molecule has 0 radical (unpaired) electrons. The lowest BCUT2D eigenvalue weighted by molar-refractivity contribution is -0.190. The van der Waals surface area contributed by atoms with E-state index < -0.39 is 182 Å². The Balaban J connectivity index is 1.38. The lowest BCUT2D eigenvalue weighted by atomic mass is 10.2. The van der Waals surface area contributed by atoms with Crippen molar-refractivity contribution in [3.05, 3.63) is 96.6 Å². The quantitative estimate of drug-likeness (QED) is 0.0475. The third-order valence-corrected chi connectivity index (χ3v) is 18.6. The first-order valence-electron chi connectivity index (χ1n) is 30.0.